The third-order valence-corrected chi connectivity index (χ3v) is 7.66. The first-order valence-electron chi connectivity index (χ1n) is 10.4. The number of halogens is 1. The average molecular weight is 404 g/mol. The van der Waals surface area contributed by atoms with Crippen LogP contribution in [0.15, 0.2) is 60.7 Å². The summed E-state index contributed by atoms with van der Waals surface area (Å²) >= 11 is 6.70. The van der Waals surface area contributed by atoms with Gasteiger partial charge in [0.25, 0.3) is 0 Å². The van der Waals surface area contributed by atoms with E-state index >= 15 is 0 Å². The van der Waals surface area contributed by atoms with Crippen LogP contribution in [0.25, 0.3) is 0 Å². The Hall–Kier alpha value is -2.52. The molecule has 0 bridgehead atoms. The molecule has 0 amide bonds. The van der Waals surface area contributed by atoms with Crippen LogP contribution in [0.2, 0.25) is 5.02 Å². The number of fused-ring (bicyclic) bond motifs is 4. The van der Waals surface area contributed by atoms with Gasteiger partial charge in [0.1, 0.15) is 0 Å². The summed E-state index contributed by atoms with van der Waals surface area (Å²) in [5.41, 5.74) is 5.22. The summed E-state index contributed by atoms with van der Waals surface area (Å²) in [6, 6.07) is 12.3. The van der Waals surface area contributed by atoms with E-state index in [-0.39, 0.29) is 12.0 Å². The van der Waals surface area contributed by atoms with Gasteiger partial charge in [-0.15, -0.1) is 0 Å². The van der Waals surface area contributed by atoms with Crippen LogP contribution in [0.5, 0.6) is 0 Å². The van der Waals surface area contributed by atoms with Crippen molar-refractivity contribution in [1.82, 2.24) is 0 Å². The zero-order valence-corrected chi connectivity index (χ0v) is 16.7. The van der Waals surface area contributed by atoms with Gasteiger partial charge in [-0.05, 0) is 59.6 Å². The van der Waals surface area contributed by atoms with Gasteiger partial charge in [0.2, 0.25) is 0 Å². The van der Waals surface area contributed by atoms with E-state index in [0.29, 0.717) is 23.3 Å². The van der Waals surface area contributed by atoms with E-state index in [4.69, 9.17) is 11.6 Å². The van der Waals surface area contributed by atoms with E-state index in [1.807, 2.05) is 24.3 Å². The van der Waals surface area contributed by atoms with Gasteiger partial charge in [-0.2, -0.15) is 0 Å². The Morgan fingerprint density at radius 3 is 2.52 bits per heavy atom. The molecule has 0 spiro atoms. The van der Waals surface area contributed by atoms with Gasteiger partial charge < -0.3 is 10.0 Å². The van der Waals surface area contributed by atoms with Crippen molar-refractivity contribution in [3.63, 3.8) is 0 Å². The molecule has 146 valence electrons. The lowest BCUT2D eigenvalue weighted by atomic mass is 9.70. The summed E-state index contributed by atoms with van der Waals surface area (Å²) in [4.78, 5) is 14.5. The van der Waals surface area contributed by atoms with Crippen molar-refractivity contribution in [2.75, 3.05) is 11.4 Å². The van der Waals surface area contributed by atoms with Gasteiger partial charge in [-0.25, -0.2) is 4.79 Å². The highest BCUT2D eigenvalue weighted by molar-refractivity contribution is 6.31. The molecule has 2 aliphatic carbocycles. The quantitative estimate of drug-likeness (QED) is 0.631. The molecule has 5 atom stereocenters. The first kappa shape index (κ1) is 17.3. The minimum atomic E-state index is -0.841. The summed E-state index contributed by atoms with van der Waals surface area (Å²) in [5, 5.41) is 10.6. The molecule has 0 unspecified atom stereocenters. The molecule has 3 nitrogen and oxygen atoms in total. The second kappa shape index (κ2) is 6.24. The molecule has 0 radical (unpaired) electrons. The molecule has 2 heterocycles. The molecule has 4 aliphatic rings. The highest BCUT2D eigenvalue weighted by atomic mass is 35.5. The fraction of sp³-hybridized carbons (Fsp3) is 0.320. The van der Waals surface area contributed by atoms with Crippen molar-refractivity contribution in [2.24, 2.45) is 11.8 Å². The van der Waals surface area contributed by atoms with Gasteiger partial charge in [0.15, 0.2) is 0 Å². The van der Waals surface area contributed by atoms with Crippen LogP contribution in [0.4, 0.5) is 5.69 Å². The Bertz CT molecular complexity index is 1070. The number of aromatic carboxylic acids is 1. The second-order valence-electron chi connectivity index (χ2n) is 8.73. The van der Waals surface area contributed by atoms with Gasteiger partial charge in [-0.3, -0.25) is 0 Å². The highest BCUT2D eigenvalue weighted by Gasteiger charge is 2.48. The molecule has 2 aromatic carbocycles. The minimum absolute atomic E-state index is 0.215. The Balaban J connectivity index is 1.62. The number of hydrogen-bond acceptors (Lipinski definition) is 2. The molecule has 6 rings (SSSR count). The Labute approximate surface area is 175 Å². The number of benzene rings is 2. The van der Waals surface area contributed by atoms with Crippen LogP contribution < -0.4 is 4.90 Å². The van der Waals surface area contributed by atoms with Crippen molar-refractivity contribution < 1.29 is 9.90 Å². The lowest BCUT2D eigenvalue weighted by Crippen LogP contribution is -2.46. The summed E-state index contributed by atoms with van der Waals surface area (Å²) in [7, 11) is 0. The largest absolute Gasteiger partial charge is 0.478 e. The third-order valence-electron chi connectivity index (χ3n) is 7.32. The fourth-order valence-corrected chi connectivity index (χ4v) is 6.41. The van der Waals surface area contributed by atoms with Crippen LogP contribution in [-0.4, -0.2) is 17.6 Å². The van der Waals surface area contributed by atoms with Gasteiger partial charge in [-0.1, -0.05) is 54.1 Å². The van der Waals surface area contributed by atoms with Crippen LogP contribution in [0.1, 0.15) is 57.8 Å². The van der Waals surface area contributed by atoms with Crippen LogP contribution in [0, 0.1) is 11.8 Å². The molecule has 29 heavy (non-hydrogen) atoms. The lowest BCUT2D eigenvalue weighted by molar-refractivity contribution is 0.0696. The Morgan fingerprint density at radius 2 is 1.72 bits per heavy atom. The summed E-state index contributed by atoms with van der Waals surface area (Å²) in [6.07, 6.45) is 11.1. The molecule has 2 aromatic rings. The minimum Gasteiger partial charge on any atom is -0.478 e. The normalized spacial score (nSPS) is 30.8. The number of carboxylic acid groups (broad SMARTS) is 1. The maximum atomic E-state index is 11.9. The molecule has 0 aromatic heterocycles. The molecule has 0 saturated carbocycles. The number of rotatable bonds is 2. The Morgan fingerprint density at radius 1 is 1.00 bits per heavy atom. The monoisotopic (exact) mass is 403 g/mol. The van der Waals surface area contributed by atoms with Crippen LogP contribution >= 0.6 is 11.6 Å². The van der Waals surface area contributed by atoms with Crippen molar-refractivity contribution in [2.45, 2.75) is 30.7 Å². The fourth-order valence-electron chi connectivity index (χ4n) is 6.17. The van der Waals surface area contributed by atoms with Crippen molar-refractivity contribution >= 4 is 23.3 Å². The molecule has 0 fully saturated rings. The summed E-state index contributed by atoms with van der Waals surface area (Å²) in [6.45, 7) is 0.989. The van der Waals surface area contributed by atoms with E-state index in [9.17, 15) is 9.90 Å². The zero-order chi connectivity index (χ0) is 19.7. The smallest absolute Gasteiger partial charge is 0.335 e. The Kier molecular flexibility index (Phi) is 3.73. The molecular formula is C25H22ClNO2. The van der Waals surface area contributed by atoms with Gasteiger partial charge >= 0.3 is 5.97 Å². The van der Waals surface area contributed by atoms with E-state index in [1.54, 1.807) is 0 Å². The predicted molar refractivity (Wildman–Crippen MR) is 115 cm³/mol. The molecule has 0 saturated heterocycles. The van der Waals surface area contributed by atoms with E-state index in [0.717, 1.165) is 24.4 Å². The maximum Gasteiger partial charge on any atom is 0.335 e. The number of allylic oxidation sites excluding steroid dienone is 4. The predicted octanol–water partition coefficient (Wildman–Crippen LogP) is 5.93. The molecule has 1 N–H and O–H groups in total. The summed E-state index contributed by atoms with van der Waals surface area (Å²) in [5.74, 6) is 0.586. The van der Waals surface area contributed by atoms with Crippen LogP contribution in [-0.2, 0) is 0 Å². The highest BCUT2D eigenvalue weighted by Crippen LogP contribution is 2.59. The number of anilines is 1. The van der Waals surface area contributed by atoms with E-state index < -0.39 is 5.97 Å². The second-order valence-corrected chi connectivity index (χ2v) is 9.14. The standard InChI is InChI=1S/C25H22ClNO2/c26-22-10-2-1-6-19(22)23-18-9-4-8-17(18)21-12-15(25(28)29)11-20-16-7-3-5-14(16)13-27(23)24(20)21/h1-4,6-8,10-12,14,16-18,23H,5,9,13H2,(H,28,29)/t14-,16-,17+,18-,23+/m0/s1. The first-order valence-corrected chi connectivity index (χ1v) is 10.8. The van der Waals surface area contributed by atoms with Crippen LogP contribution in [0.3, 0.4) is 0 Å². The number of carbonyl (C=O) groups is 1. The lowest BCUT2D eigenvalue weighted by Gasteiger charge is -2.51. The van der Waals surface area contributed by atoms with Gasteiger partial charge in [0.05, 0.1) is 11.6 Å². The third kappa shape index (κ3) is 2.40. The summed E-state index contributed by atoms with van der Waals surface area (Å²) < 4.78 is 0. The SMILES string of the molecule is O=C(O)c1cc2c3c(c1)[C@@H]1C=CC[C@@H]1[C@H](c1ccccc1Cl)N3C[C@@H]1CC=C[C@H]21. The maximum absolute atomic E-state index is 11.9. The number of nitrogens with zero attached hydrogens (tertiary/aromatic N) is 1. The average Bonchev–Trinajstić information content (AvgIpc) is 3.38. The van der Waals surface area contributed by atoms with Gasteiger partial charge in [0, 0.05) is 29.1 Å². The number of carboxylic acids is 1. The zero-order valence-electron chi connectivity index (χ0n) is 16.0. The first-order chi connectivity index (χ1) is 14.1. The van der Waals surface area contributed by atoms with Crippen molar-refractivity contribution in [3.05, 3.63) is 88.0 Å². The van der Waals surface area contributed by atoms with E-state index in [2.05, 4.69) is 41.3 Å². The molecule has 4 heteroatoms. The van der Waals surface area contributed by atoms with E-state index in [1.165, 1.54) is 22.4 Å². The number of hydrogen-bond donors (Lipinski definition) is 1. The molecular weight excluding hydrogens is 382 g/mol. The topological polar surface area (TPSA) is 40.5 Å². The van der Waals surface area contributed by atoms with Crippen molar-refractivity contribution in [1.29, 1.82) is 0 Å². The molecule has 2 aliphatic heterocycles. The van der Waals surface area contributed by atoms with Crippen molar-refractivity contribution in [3.8, 4) is 0 Å².